The maximum atomic E-state index is 12.2. The van der Waals surface area contributed by atoms with Crippen molar-refractivity contribution in [1.82, 2.24) is 0 Å². The zero-order chi connectivity index (χ0) is 17.8. The van der Waals surface area contributed by atoms with E-state index in [1.165, 1.54) is 0 Å². The predicted molar refractivity (Wildman–Crippen MR) is 98.8 cm³/mol. The lowest BCUT2D eigenvalue weighted by molar-refractivity contribution is -0.119. The van der Waals surface area contributed by atoms with E-state index in [0.29, 0.717) is 11.3 Å². The predicted octanol–water partition coefficient (Wildman–Crippen LogP) is 4.25. The molecule has 0 aliphatic carbocycles. The lowest BCUT2D eigenvalue weighted by Gasteiger charge is -2.10. The third-order valence-electron chi connectivity index (χ3n) is 4.01. The second-order valence-electron chi connectivity index (χ2n) is 5.97. The fourth-order valence-corrected chi connectivity index (χ4v) is 2.69. The van der Waals surface area contributed by atoms with Gasteiger partial charge in [-0.3, -0.25) is 4.79 Å². The minimum atomic E-state index is -0.491. The van der Waals surface area contributed by atoms with Gasteiger partial charge in [0.1, 0.15) is 0 Å². The van der Waals surface area contributed by atoms with Crippen molar-refractivity contribution in [3.8, 4) is 0 Å². The number of carbonyl (C=O) groups is 2. The Morgan fingerprint density at radius 1 is 0.960 bits per heavy atom. The Labute approximate surface area is 146 Å². The number of hydrogen-bond donors (Lipinski definition) is 1. The van der Waals surface area contributed by atoms with Crippen molar-refractivity contribution in [3.05, 3.63) is 77.4 Å². The van der Waals surface area contributed by atoms with E-state index in [4.69, 9.17) is 4.74 Å². The van der Waals surface area contributed by atoms with Crippen molar-refractivity contribution >= 4 is 28.3 Å². The Hall–Kier alpha value is -3.14. The van der Waals surface area contributed by atoms with Crippen LogP contribution < -0.4 is 5.32 Å². The van der Waals surface area contributed by atoms with Gasteiger partial charge in [0, 0.05) is 11.1 Å². The van der Waals surface area contributed by atoms with Crippen molar-refractivity contribution in [2.75, 3.05) is 11.9 Å². The van der Waals surface area contributed by atoms with Crippen LogP contribution in [0.2, 0.25) is 0 Å². The Bertz CT molecular complexity index is 942. The van der Waals surface area contributed by atoms with Crippen LogP contribution in [0.15, 0.2) is 60.7 Å². The van der Waals surface area contributed by atoms with E-state index < -0.39 is 5.97 Å². The van der Waals surface area contributed by atoms with Crippen LogP contribution in [0.1, 0.15) is 21.5 Å². The summed E-state index contributed by atoms with van der Waals surface area (Å²) in [4.78, 5) is 24.3. The fraction of sp³-hybridized carbons (Fsp3) is 0.143. The molecule has 0 aliphatic rings. The SMILES string of the molecule is Cc1ccc(C)c(C(=O)OCC(=O)Nc2cccc3ccccc23)c1. The average Bonchev–Trinajstić information content (AvgIpc) is 2.62. The summed E-state index contributed by atoms with van der Waals surface area (Å²) in [6, 6.07) is 19.0. The first-order valence-corrected chi connectivity index (χ1v) is 8.06. The van der Waals surface area contributed by atoms with Gasteiger partial charge < -0.3 is 10.1 Å². The van der Waals surface area contributed by atoms with Crippen molar-refractivity contribution in [1.29, 1.82) is 0 Å². The third-order valence-corrected chi connectivity index (χ3v) is 4.01. The second kappa shape index (κ2) is 7.18. The van der Waals surface area contributed by atoms with Crippen molar-refractivity contribution < 1.29 is 14.3 Å². The molecule has 0 aliphatic heterocycles. The van der Waals surface area contributed by atoms with Crippen LogP contribution in [0.25, 0.3) is 10.8 Å². The van der Waals surface area contributed by atoms with Crippen LogP contribution in [0.3, 0.4) is 0 Å². The van der Waals surface area contributed by atoms with E-state index in [0.717, 1.165) is 21.9 Å². The Kier molecular flexibility index (Phi) is 4.80. The maximum Gasteiger partial charge on any atom is 0.338 e. The number of ether oxygens (including phenoxy) is 1. The molecule has 4 nitrogen and oxygen atoms in total. The van der Waals surface area contributed by atoms with Gasteiger partial charge in [-0.2, -0.15) is 0 Å². The number of amides is 1. The molecule has 4 heteroatoms. The molecular formula is C21H19NO3. The summed E-state index contributed by atoms with van der Waals surface area (Å²) in [5, 5.41) is 4.78. The van der Waals surface area contributed by atoms with Gasteiger partial charge in [-0.15, -0.1) is 0 Å². The molecule has 0 aromatic heterocycles. The molecule has 0 bridgehead atoms. The minimum absolute atomic E-state index is 0.324. The van der Waals surface area contributed by atoms with Crippen LogP contribution in [0, 0.1) is 13.8 Å². The Balaban J connectivity index is 1.66. The summed E-state index contributed by atoms with van der Waals surface area (Å²) in [6.07, 6.45) is 0. The molecule has 0 fully saturated rings. The number of fused-ring (bicyclic) bond motifs is 1. The first-order valence-electron chi connectivity index (χ1n) is 8.06. The van der Waals surface area contributed by atoms with Crippen LogP contribution in [-0.4, -0.2) is 18.5 Å². The number of carbonyl (C=O) groups excluding carboxylic acids is 2. The van der Waals surface area contributed by atoms with E-state index in [1.807, 2.05) is 68.4 Å². The van der Waals surface area contributed by atoms with Crippen LogP contribution in [0.5, 0.6) is 0 Å². The molecule has 0 spiro atoms. The van der Waals surface area contributed by atoms with Gasteiger partial charge in [-0.1, -0.05) is 54.1 Å². The number of hydrogen-bond acceptors (Lipinski definition) is 3. The largest absolute Gasteiger partial charge is 0.452 e. The number of anilines is 1. The number of rotatable bonds is 4. The van der Waals surface area contributed by atoms with Gasteiger partial charge in [0.25, 0.3) is 5.91 Å². The van der Waals surface area contributed by atoms with Crippen LogP contribution in [0.4, 0.5) is 5.69 Å². The first kappa shape index (κ1) is 16.7. The van der Waals surface area contributed by atoms with E-state index >= 15 is 0 Å². The van der Waals surface area contributed by atoms with E-state index in [9.17, 15) is 9.59 Å². The summed E-state index contributed by atoms with van der Waals surface area (Å²) < 4.78 is 5.16. The first-order chi connectivity index (χ1) is 12.0. The van der Waals surface area contributed by atoms with Gasteiger partial charge in [0.2, 0.25) is 0 Å². The molecular weight excluding hydrogens is 314 g/mol. The molecule has 0 heterocycles. The fourth-order valence-electron chi connectivity index (χ4n) is 2.69. The van der Waals surface area contributed by atoms with Crippen LogP contribution in [-0.2, 0) is 9.53 Å². The summed E-state index contributed by atoms with van der Waals surface area (Å²) >= 11 is 0. The van der Waals surface area contributed by atoms with E-state index in [1.54, 1.807) is 6.07 Å². The standard InChI is InChI=1S/C21H19NO3/c1-14-10-11-15(2)18(12-14)21(24)25-13-20(23)22-19-9-5-7-16-6-3-4-8-17(16)19/h3-12H,13H2,1-2H3,(H,22,23). The Morgan fingerprint density at radius 3 is 2.56 bits per heavy atom. The lowest BCUT2D eigenvalue weighted by Crippen LogP contribution is -2.21. The molecule has 1 amide bonds. The maximum absolute atomic E-state index is 12.2. The van der Waals surface area contributed by atoms with Crippen molar-refractivity contribution in [2.24, 2.45) is 0 Å². The summed E-state index contributed by atoms with van der Waals surface area (Å²) in [6.45, 7) is 3.42. The smallest absolute Gasteiger partial charge is 0.338 e. The molecule has 0 unspecified atom stereocenters. The van der Waals surface area contributed by atoms with Gasteiger partial charge in [0.05, 0.1) is 5.56 Å². The Morgan fingerprint density at radius 2 is 1.72 bits per heavy atom. The zero-order valence-electron chi connectivity index (χ0n) is 14.2. The highest BCUT2D eigenvalue weighted by Crippen LogP contribution is 2.22. The molecule has 0 saturated heterocycles. The molecule has 126 valence electrons. The monoisotopic (exact) mass is 333 g/mol. The van der Waals surface area contributed by atoms with Gasteiger partial charge in [0.15, 0.2) is 6.61 Å². The summed E-state index contributed by atoms with van der Waals surface area (Å²) in [5.41, 5.74) is 2.98. The van der Waals surface area contributed by atoms with Crippen molar-refractivity contribution in [3.63, 3.8) is 0 Å². The van der Waals surface area contributed by atoms with Gasteiger partial charge >= 0.3 is 5.97 Å². The highest BCUT2D eigenvalue weighted by Gasteiger charge is 2.13. The van der Waals surface area contributed by atoms with Gasteiger partial charge in [-0.05, 0) is 36.9 Å². The quantitative estimate of drug-likeness (QED) is 0.726. The molecule has 3 rings (SSSR count). The molecule has 0 atom stereocenters. The topological polar surface area (TPSA) is 55.4 Å². The third kappa shape index (κ3) is 3.86. The molecule has 0 radical (unpaired) electrons. The number of benzene rings is 3. The lowest BCUT2D eigenvalue weighted by atomic mass is 10.1. The van der Waals surface area contributed by atoms with Crippen LogP contribution >= 0.6 is 0 Å². The summed E-state index contributed by atoms with van der Waals surface area (Å²) in [7, 11) is 0. The molecule has 25 heavy (non-hydrogen) atoms. The number of nitrogens with one attached hydrogen (secondary N) is 1. The molecule has 3 aromatic rings. The van der Waals surface area contributed by atoms with E-state index in [2.05, 4.69) is 5.32 Å². The summed E-state index contributed by atoms with van der Waals surface area (Å²) in [5.74, 6) is -0.857. The normalized spacial score (nSPS) is 10.5. The van der Waals surface area contributed by atoms with Gasteiger partial charge in [-0.25, -0.2) is 4.79 Å². The minimum Gasteiger partial charge on any atom is -0.452 e. The van der Waals surface area contributed by atoms with Crippen molar-refractivity contribution in [2.45, 2.75) is 13.8 Å². The second-order valence-corrected chi connectivity index (χ2v) is 5.97. The molecule has 0 saturated carbocycles. The zero-order valence-corrected chi connectivity index (χ0v) is 14.2. The highest BCUT2D eigenvalue weighted by atomic mass is 16.5. The molecule has 1 N–H and O–H groups in total. The molecule has 3 aromatic carbocycles. The number of aryl methyl sites for hydroxylation is 2. The number of esters is 1. The average molecular weight is 333 g/mol. The van der Waals surface area contributed by atoms with E-state index in [-0.39, 0.29) is 12.5 Å². The highest BCUT2D eigenvalue weighted by molar-refractivity contribution is 6.03.